The van der Waals surface area contributed by atoms with E-state index in [4.69, 9.17) is 14.2 Å². The molecule has 2 unspecified atom stereocenters. The van der Waals surface area contributed by atoms with Crippen LogP contribution in [0.25, 0.3) is 0 Å². The summed E-state index contributed by atoms with van der Waals surface area (Å²) in [6.07, 6.45) is -0.593. The third-order valence-corrected chi connectivity index (χ3v) is 3.94. The number of ether oxygens (including phenoxy) is 3. The van der Waals surface area contributed by atoms with Crippen LogP contribution in [0, 0.1) is 6.92 Å². The highest BCUT2D eigenvalue weighted by Gasteiger charge is 2.18. The molecule has 0 saturated carbocycles. The van der Waals surface area contributed by atoms with E-state index >= 15 is 0 Å². The molecule has 5 heteroatoms. The average molecular weight is 343 g/mol. The van der Waals surface area contributed by atoms with Gasteiger partial charge in [0, 0.05) is 0 Å². The van der Waals surface area contributed by atoms with Crippen LogP contribution >= 0.6 is 0 Å². The minimum atomic E-state index is -0.593. The first kappa shape index (κ1) is 18.6. The van der Waals surface area contributed by atoms with Crippen molar-refractivity contribution in [3.8, 4) is 17.2 Å². The molecule has 0 aromatic heterocycles. The standard InChI is InChI=1S/C20H25NO4/c1-13-7-6-8-17(11-13)25-15(3)20(22)21-14(2)16-9-10-18(23-4)19(12-16)24-5/h6-12,14-15H,1-5H3,(H,21,22). The molecule has 0 aliphatic rings. The number of benzene rings is 2. The molecule has 1 amide bonds. The molecule has 134 valence electrons. The van der Waals surface area contributed by atoms with Crippen LogP contribution in [0.5, 0.6) is 17.2 Å². The summed E-state index contributed by atoms with van der Waals surface area (Å²) >= 11 is 0. The summed E-state index contributed by atoms with van der Waals surface area (Å²) in [7, 11) is 3.18. The van der Waals surface area contributed by atoms with Crippen molar-refractivity contribution in [1.29, 1.82) is 0 Å². The van der Waals surface area contributed by atoms with Gasteiger partial charge in [0.1, 0.15) is 5.75 Å². The van der Waals surface area contributed by atoms with Gasteiger partial charge in [0.25, 0.3) is 5.91 Å². The predicted octanol–water partition coefficient (Wildman–Crippen LogP) is 3.66. The Balaban J connectivity index is 2.01. The molecular weight excluding hydrogens is 318 g/mol. The van der Waals surface area contributed by atoms with E-state index in [0.29, 0.717) is 17.2 Å². The van der Waals surface area contributed by atoms with Gasteiger partial charge in [-0.3, -0.25) is 4.79 Å². The number of rotatable bonds is 7. The molecule has 2 atom stereocenters. The summed E-state index contributed by atoms with van der Waals surface area (Å²) in [6.45, 7) is 5.63. The fourth-order valence-electron chi connectivity index (χ4n) is 2.48. The highest BCUT2D eigenvalue weighted by atomic mass is 16.5. The second-order valence-electron chi connectivity index (χ2n) is 5.92. The molecule has 0 bridgehead atoms. The zero-order valence-electron chi connectivity index (χ0n) is 15.3. The monoisotopic (exact) mass is 343 g/mol. The lowest BCUT2D eigenvalue weighted by molar-refractivity contribution is -0.127. The van der Waals surface area contributed by atoms with Gasteiger partial charge in [-0.1, -0.05) is 18.2 Å². The number of hydrogen-bond acceptors (Lipinski definition) is 4. The van der Waals surface area contributed by atoms with E-state index in [2.05, 4.69) is 5.32 Å². The van der Waals surface area contributed by atoms with Gasteiger partial charge in [-0.2, -0.15) is 0 Å². The number of aryl methyl sites for hydroxylation is 1. The molecular formula is C20H25NO4. The number of hydrogen-bond donors (Lipinski definition) is 1. The Kier molecular flexibility index (Phi) is 6.28. The summed E-state index contributed by atoms with van der Waals surface area (Å²) in [4.78, 5) is 12.4. The van der Waals surface area contributed by atoms with Gasteiger partial charge in [-0.25, -0.2) is 0 Å². The molecule has 2 rings (SSSR count). The van der Waals surface area contributed by atoms with E-state index in [-0.39, 0.29) is 11.9 Å². The second kappa shape index (κ2) is 8.42. The molecule has 0 fully saturated rings. The molecule has 0 saturated heterocycles. The van der Waals surface area contributed by atoms with Crippen LogP contribution in [0.15, 0.2) is 42.5 Å². The first-order chi connectivity index (χ1) is 11.9. The molecule has 0 spiro atoms. The lowest BCUT2D eigenvalue weighted by atomic mass is 10.1. The van der Waals surface area contributed by atoms with Crippen LogP contribution in [-0.2, 0) is 4.79 Å². The van der Waals surface area contributed by atoms with E-state index in [1.807, 2.05) is 56.3 Å². The van der Waals surface area contributed by atoms with Crippen molar-refractivity contribution in [3.63, 3.8) is 0 Å². The van der Waals surface area contributed by atoms with E-state index in [0.717, 1.165) is 11.1 Å². The summed E-state index contributed by atoms with van der Waals surface area (Å²) in [5.74, 6) is 1.79. The topological polar surface area (TPSA) is 56.8 Å². The summed E-state index contributed by atoms with van der Waals surface area (Å²) in [6, 6.07) is 13.0. The van der Waals surface area contributed by atoms with Crippen LogP contribution in [0.2, 0.25) is 0 Å². The van der Waals surface area contributed by atoms with Crippen molar-refractivity contribution in [2.75, 3.05) is 14.2 Å². The van der Waals surface area contributed by atoms with Crippen molar-refractivity contribution < 1.29 is 19.0 Å². The van der Waals surface area contributed by atoms with Crippen molar-refractivity contribution in [2.45, 2.75) is 32.9 Å². The zero-order chi connectivity index (χ0) is 18.4. The van der Waals surface area contributed by atoms with Crippen molar-refractivity contribution in [3.05, 3.63) is 53.6 Å². The Morgan fingerprint density at radius 1 is 1.00 bits per heavy atom. The number of methoxy groups -OCH3 is 2. The molecule has 0 radical (unpaired) electrons. The van der Waals surface area contributed by atoms with Crippen molar-refractivity contribution >= 4 is 5.91 Å². The highest BCUT2D eigenvalue weighted by molar-refractivity contribution is 5.81. The smallest absolute Gasteiger partial charge is 0.261 e. The van der Waals surface area contributed by atoms with E-state index in [1.54, 1.807) is 21.1 Å². The quantitative estimate of drug-likeness (QED) is 0.834. The van der Waals surface area contributed by atoms with Gasteiger partial charge in [-0.05, 0) is 56.2 Å². The third-order valence-electron chi connectivity index (χ3n) is 3.94. The maximum atomic E-state index is 12.4. The number of carbonyl (C=O) groups is 1. The highest BCUT2D eigenvalue weighted by Crippen LogP contribution is 2.29. The zero-order valence-corrected chi connectivity index (χ0v) is 15.3. The second-order valence-corrected chi connectivity index (χ2v) is 5.92. The summed E-state index contributed by atoms with van der Waals surface area (Å²) in [5, 5.41) is 2.96. The Morgan fingerprint density at radius 3 is 2.36 bits per heavy atom. The lowest BCUT2D eigenvalue weighted by Crippen LogP contribution is -2.37. The lowest BCUT2D eigenvalue weighted by Gasteiger charge is -2.20. The largest absolute Gasteiger partial charge is 0.493 e. The van der Waals surface area contributed by atoms with Crippen molar-refractivity contribution in [2.24, 2.45) is 0 Å². The Morgan fingerprint density at radius 2 is 1.72 bits per heavy atom. The van der Waals surface area contributed by atoms with Crippen LogP contribution in [-0.4, -0.2) is 26.2 Å². The van der Waals surface area contributed by atoms with Gasteiger partial charge >= 0.3 is 0 Å². The van der Waals surface area contributed by atoms with E-state index in [1.165, 1.54) is 0 Å². The van der Waals surface area contributed by atoms with Gasteiger partial charge in [0.15, 0.2) is 17.6 Å². The average Bonchev–Trinajstić information content (AvgIpc) is 2.60. The maximum Gasteiger partial charge on any atom is 0.261 e. The predicted molar refractivity (Wildman–Crippen MR) is 97.4 cm³/mol. The van der Waals surface area contributed by atoms with Crippen molar-refractivity contribution in [1.82, 2.24) is 5.32 Å². The Labute approximate surface area is 148 Å². The Hall–Kier alpha value is -2.69. The van der Waals surface area contributed by atoms with Gasteiger partial charge in [-0.15, -0.1) is 0 Å². The first-order valence-electron chi connectivity index (χ1n) is 8.20. The molecule has 25 heavy (non-hydrogen) atoms. The fraction of sp³-hybridized carbons (Fsp3) is 0.350. The minimum Gasteiger partial charge on any atom is -0.493 e. The number of amides is 1. The van der Waals surface area contributed by atoms with Crippen LogP contribution in [0.3, 0.4) is 0 Å². The molecule has 0 aliphatic heterocycles. The summed E-state index contributed by atoms with van der Waals surface area (Å²) in [5.41, 5.74) is 2.01. The van der Waals surface area contributed by atoms with Gasteiger partial charge in [0.05, 0.1) is 20.3 Å². The SMILES string of the molecule is COc1ccc(C(C)NC(=O)C(C)Oc2cccc(C)c2)cc1OC. The van der Waals surface area contributed by atoms with Gasteiger partial charge in [0.2, 0.25) is 0 Å². The maximum absolute atomic E-state index is 12.4. The van der Waals surface area contributed by atoms with E-state index in [9.17, 15) is 4.79 Å². The molecule has 2 aromatic carbocycles. The molecule has 0 aliphatic carbocycles. The molecule has 1 N–H and O–H groups in total. The first-order valence-corrected chi connectivity index (χ1v) is 8.20. The fourth-order valence-corrected chi connectivity index (χ4v) is 2.48. The van der Waals surface area contributed by atoms with Gasteiger partial charge < -0.3 is 19.5 Å². The molecule has 5 nitrogen and oxygen atoms in total. The molecule has 0 heterocycles. The number of nitrogens with one attached hydrogen (secondary N) is 1. The van der Waals surface area contributed by atoms with E-state index < -0.39 is 6.10 Å². The summed E-state index contributed by atoms with van der Waals surface area (Å²) < 4.78 is 16.3. The van der Waals surface area contributed by atoms with Crippen LogP contribution < -0.4 is 19.5 Å². The Bertz CT molecular complexity index is 729. The third kappa shape index (κ3) is 4.89. The normalized spacial score (nSPS) is 12.8. The van der Waals surface area contributed by atoms with Crippen LogP contribution in [0.1, 0.15) is 31.0 Å². The number of carbonyl (C=O) groups excluding carboxylic acids is 1. The molecule has 2 aromatic rings. The van der Waals surface area contributed by atoms with Crippen LogP contribution in [0.4, 0.5) is 0 Å². The minimum absolute atomic E-state index is 0.177.